The minimum Gasteiger partial charge on any atom is -0.497 e. The van der Waals surface area contributed by atoms with Crippen LogP contribution in [-0.4, -0.2) is 43.4 Å². The van der Waals surface area contributed by atoms with E-state index in [9.17, 15) is 8.42 Å². The standard InChI is InChI=1S/C22H28N4O4S2/c1-4-16(23)14-21(32(27,28)19-11-9-18(30-3)10-12-19)25-22-24-20(26-31-22)13-15-5-7-17(29-2)8-6-15/h5-12,16,21H,4,13-14,23H2,1-3H3,(H,24,25,26). The third-order valence-corrected chi connectivity index (χ3v) is 7.75. The molecule has 0 radical (unpaired) electrons. The lowest BCUT2D eigenvalue weighted by Crippen LogP contribution is -2.36. The van der Waals surface area contributed by atoms with Crippen molar-refractivity contribution in [2.45, 2.75) is 42.5 Å². The largest absolute Gasteiger partial charge is 0.497 e. The van der Waals surface area contributed by atoms with Crippen molar-refractivity contribution < 1.29 is 17.9 Å². The molecular formula is C22H28N4O4S2. The van der Waals surface area contributed by atoms with Crippen molar-refractivity contribution >= 4 is 26.5 Å². The second-order valence-corrected chi connectivity index (χ2v) is 10.2. The van der Waals surface area contributed by atoms with Crippen LogP contribution in [0.4, 0.5) is 5.13 Å². The molecule has 8 nitrogen and oxygen atoms in total. The number of nitrogens with zero attached hydrogens (tertiary/aromatic N) is 2. The number of hydrogen-bond donors (Lipinski definition) is 2. The number of sulfone groups is 1. The van der Waals surface area contributed by atoms with Gasteiger partial charge in [0.15, 0.2) is 9.84 Å². The van der Waals surface area contributed by atoms with Crippen molar-refractivity contribution in [2.24, 2.45) is 5.73 Å². The summed E-state index contributed by atoms with van der Waals surface area (Å²) in [5.41, 5.74) is 7.14. The van der Waals surface area contributed by atoms with Crippen molar-refractivity contribution in [3.05, 3.63) is 59.9 Å². The molecule has 0 fully saturated rings. The second kappa shape index (κ2) is 10.8. The Labute approximate surface area is 192 Å². The molecule has 0 spiro atoms. The highest BCUT2D eigenvalue weighted by Crippen LogP contribution is 2.25. The molecule has 0 aliphatic heterocycles. The van der Waals surface area contributed by atoms with Gasteiger partial charge in [0, 0.05) is 24.0 Å². The van der Waals surface area contributed by atoms with E-state index in [1.807, 2.05) is 31.2 Å². The van der Waals surface area contributed by atoms with Gasteiger partial charge in [-0.05, 0) is 54.8 Å². The number of anilines is 1. The Kier molecular flexibility index (Phi) is 8.05. The Bertz CT molecular complexity index is 1100. The first kappa shape index (κ1) is 24.0. The Balaban J connectivity index is 1.79. The first-order valence-electron chi connectivity index (χ1n) is 10.2. The molecule has 1 aromatic heterocycles. The Hall–Kier alpha value is -2.69. The van der Waals surface area contributed by atoms with Crippen molar-refractivity contribution in [1.82, 2.24) is 9.36 Å². The third kappa shape index (κ3) is 5.96. The summed E-state index contributed by atoms with van der Waals surface area (Å²) in [7, 11) is -0.553. The molecule has 172 valence electrons. The van der Waals surface area contributed by atoms with Crippen molar-refractivity contribution in [3.63, 3.8) is 0 Å². The van der Waals surface area contributed by atoms with E-state index in [1.165, 1.54) is 19.2 Å². The van der Waals surface area contributed by atoms with Gasteiger partial charge in [0.25, 0.3) is 0 Å². The molecule has 0 aliphatic rings. The van der Waals surface area contributed by atoms with Crippen LogP contribution in [0.5, 0.6) is 11.5 Å². The van der Waals surface area contributed by atoms with Crippen LogP contribution < -0.4 is 20.5 Å². The summed E-state index contributed by atoms with van der Waals surface area (Å²) in [6, 6.07) is 13.7. The molecule has 0 saturated carbocycles. The summed E-state index contributed by atoms with van der Waals surface area (Å²) < 4.78 is 41.3. The Morgan fingerprint density at radius 1 is 1.03 bits per heavy atom. The van der Waals surface area contributed by atoms with Crippen LogP contribution in [0.3, 0.4) is 0 Å². The average molecular weight is 477 g/mol. The van der Waals surface area contributed by atoms with Crippen LogP contribution in [-0.2, 0) is 16.3 Å². The SMILES string of the molecule is CCC(N)CC(Nc1nc(Cc2ccc(OC)cc2)ns1)S(=O)(=O)c1ccc(OC)cc1. The number of ether oxygens (including phenoxy) is 2. The quantitative estimate of drug-likeness (QED) is 0.432. The van der Waals surface area contributed by atoms with Crippen LogP contribution in [0.15, 0.2) is 53.4 Å². The van der Waals surface area contributed by atoms with Crippen LogP contribution in [0.2, 0.25) is 0 Å². The van der Waals surface area contributed by atoms with Crippen LogP contribution in [0.1, 0.15) is 31.2 Å². The lowest BCUT2D eigenvalue weighted by Gasteiger charge is -2.21. The third-order valence-electron chi connectivity index (χ3n) is 5.08. The van der Waals surface area contributed by atoms with Gasteiger partial charge in [-0.1, -0.05) is 19.1 Å². The first-order valence-corrected chi connectivity index (χ1v) is 12.5. The molecule has 0 amide bonds. The molecule has 3 aromatic rings. The summed E-state index contributed by atoms with van der Waals surface area (Å²) in [5.74, 6) is 1.98. The van der Waals surface area contributed by atoms with Crippen LogP contribution >= 0.6 is 11.5 Å². The zero-order valence-corrected chi connectivity index (χ0v) is 19.9. The second-order valence-electron chi connectivity index (χ2n) is 7.30. The van der Waals surface area contributed by atoms with Gasteiger partial charge < -0.3 is 20.5 Å². The molecular weight excluding hydrogens is 448 g/mol. The molecule has 2 aromatic carbocycles. The predicted molar refractivity (Wildman–Crippen MR) is 126 cm³/mol. The van der Waals surface area contributed by atoms with Gasteiger partial charge in [-0.15, -0.1) is 0 Å². The first-order chi connectivity index (χ1) is 15.3. The molecule has 2 unspecified atom stereocenters. The fourth-order valence-electron chi connectivity index (χ4n) is 3.08. The van der Waals surface area contributed by atoms with Crippen molar-refractivity contribution in [3.8, 4) is 11.5 Å². The molecule has 32 heavy (non-hydrogen) atoms. The van der Waals surface area contributed by atoms with E-state index in [4.69, 9.17) is 15.2 Å². The molecule has 3 N–H and O–H groups in total. The molecule has 0 bridgehead atoms. The van der Waals surface area contributed by atoms with Gasteiger partial charge in [-0.2, -0.15) is 4.37 Å². The fourth-order valence-corrected chi connectivity index (χ4v) is 5.41. The molecule has 10 heteroatoms. The zero-order chi connectivity index (χ0) is 23.1. The average Bonchev–Trinajstić information content (AvgIpc) is 3.25. The molecule has 1 heterocycles. The van der Waals surface area contributed by atoms with E-state index in [0.717, 1.165) is 22.8 Å². The summed E-state index contributed by atoms with van der Waals surface area (Å²) in [6.45, 7) is 1.93. The van der Waals surface area contributed by atoms with E-state index < -0.39 is 15.2 Å². The summed E-state index contributed by atoms with van der Waals surface area (Å²) >= 11 is 1.13. The maximum atomic E-state index is 13.3. The lowest BCUT2D eigenvalue weighted by atomic mass is 10.1. The van der Waals surface area contributed by atoms with Gasteiger partial charge in [0.05, 0.1) is 19.1 Å². The molecule has 0 saturated heterocycles. The van der Waals surface area contributed by atoms with Crippen LogP contribution in [0.25, 0.3) is 0 Å². The maximum absolute atomic E-state index is 13.3. The Morgan fingerprint density at radius 3 is 2.19 bits per heavy atom. The molecule has 2 atom stereocenters. The van der Waals surface area contributed by atoms with Gasteiger partial charge >= 0.3 is 0 Å². The van der Waals surface area contributed by atoms with Gasteiger partial charge in [0.1, 0.15) is 22.7 Å². The Morgan fingerprint density at radius 2 is 1.62 bits per heavy atom. The van der Waals surface area contributed by atoms with Gasteiger partial charge in [-0.25, -0.2) is 13.4 Å². The van der Waals surface area contributed by atoms with E-state index in [1.54, 1.807) is 19.2 Å². The zero-order valence-electron chi connectivity index (χ0n) is 18.3. The highest BCUT2D eigenvalue weighted by molar-refractivity contribution is 7.92. The van der Waals surface area contributed by atoms with Crippen LogP contribution in [0, 0.1) is 0 Å². The van der Waals surface area contributed by atoms with Gasteiger partial charge in [-0.3, -0.25) is 0 Å². The van der Waals surface area contributed by atoms with E-state index in [0.29, 0.717) is 29.5 Å². The maximum Gasteiger partial charge on any atom is 0.203 e. The summed E-state index contributed by atoms with van der Waals surface area (Å²) in [6.07, 6.45) is 1.44. The number of methoxy groups -OCH3 is 2. The number of benzene rings is 2. The highest BCUT2D eigenvalue weighted by atomic mass is 32.2. The topological polar surface area (TPSA) is 116 Å². The molecule has 3 rings (SSSR count). The number of aromatic nitrogens is 2. The normalized spacial score (nSPS) is 13.4. The summed E-state index contributed by atoms with van der Waals surface area (Å²) in [4.78, 5) is 4.69. The number of nitrogens with one attached hydrogen (secondary N) is 1. The van der Waals surface area contributed by atoms with E-state index in [-0.39, 0.29) is 17.4 Å². The van der Waals surface area contributed by atoms with E-state index >= 15 is 0 Å². The minimum absolute atomic E-state index is 0.196. The highest BCUT2D eigenvalue weighted by Gasteiger charge is 2.30. The smallest absolute Gasteiger partial charge is 0.203 e. The lowest BCUT2D eigenvalue weighted by molar-refractivity contribution is 0.414. The predicted octanol–water partition coefficient (Wildman–Crippen LogP) is 3.49. The molecule has 0 aliphatic carbocycles. The van der Waals surface area contributed by atoms with Gasteiger partial charge in [0.2, 0.25) is 5.13 Å². The summed E-state index contributed by atoms with van der Waals surface area (Å²) in [5, 5.41) is 2.58. The number of rotatable bonds is 11. The number of hydrogen-bond acceptors (Lipinski definition) is 9. The van der Waals surface area contributed by atoms with Crippen molar-refractivity contribution in [1.29, 1.82) is 0 Å². The van der Waals surface area contributed by atoms with Crippen molar-refractivity contribution in [2.75, 3.05) is 19.5 Å². The number of nitrogens with two attached hydrogens (primary N) is 1. The minimum atomic E-state index is -3.71. The van der Waals surface area contributed by atoms with E-state index in [2.05, 4.69) is 14.7 Å². The monoisotopic (exact) mass is 476 g/mol. The fraction of sp³-hybridized carbons (Fsp3) is 0.364.